The maximum atomic E-state index is 13.5. The van der Waals surface area contributed by atoms with Gasteiger partial charge in [0.2, 0.25) is 0 Å². The van der Waals surface area contributed by atoms with Crippen LogP contribution in [0, 0.1) is 12.7 Å². The van der Waals surface area contributed by atoms with E-state index in [-0.39, 0.29) is 11.7 Å². The van der Waals surface area contributed by atoms with E-state index in [0.717, 1.165) is 5.56 Å². The van der Waals surface area contributed by atoms with Crippen LogP contribution in [0.4, 0.5) is 4.39 Å². The molecule has 4 rings (SSSR count). The summed E-state index contributed by atoms with van der Waals surface area (Å²) >= 11 is 0. The van der Waals surface area contributed by atoms with Gasteiger partial charge in [0.1, 0.15) is 17.3 Å². The second-order valence-corrected chi connectivity index (χ2v) is 6.43. The molecule has 1 N–H and O–H groups in total. The van der Waals surface area contributed by atoms with Crippen molar-refractivity contribution < 1.29 is 13.9 Å². The first-order valence-corrected chi connectivity index (χ1v) is 8.97. The van der Waals surface area contributed by atoms with Gasteiger partial charge in [0.25, 0.3) is 5.91 Å². The summed E-state index contributed by atoms with van der Waals surface area (Å²) in [7, 11) is 0. The molecule has 0 aliphatic carbocycles. The van der Waals surface area contributed by atoms with Crippen molar-refractivity contribution in [3.8, 4) is 11.5 Å². The van der Waals surface area contributed by atoms with Gasteiger partial charge in [0.05, 0.1) is 11.7 Å². The Morgan fingerprint density at radius 3 is 2.79 bits per heavy atom. The molecule has 2 heterocycles. The molecule has 0 saturated heterocycles. The summed E-state index contributed by atoms with van der Waals surface area (Å²) in [6.07, 6.45) is 4.74. The highest BCUT2D eigenvalue weighted by Gasteiger charge is 2.14. The molecular formula is C22H17FN4O2. The van der Waals surface area contributed by atoms with E-state index in [0.29, 0.717) is 40.1 Å². The summed E-state index contributed by atoms with van der Waals surface area (Å²) in [6, 6.07) is 13.1. The third kappa shape index (κ3) is 4.03. The SMILES string of the molecule is Cc1c(Oc2ccnc3cc(F)ccc23)cccc1C(=O)NCc1ccnnc1. The Labute approximate surface area is 166 Å². The molecule has 0 radical (unpaired) electrons. The Hall–Kier alpha value is -3.87. The highest BCUT2D eigenvalue weighted by Crippen LogP contribution is 2.32. The van der Waals surface area contributed by atoms with E-state index >= 15 is 0 Å². The minimum Gasteiger partial charge on any atom is -0.456 e. The summed E-state index contributed by atoms with van der Waals surface area (Å²) in [5.41, 5.74) is 2.56. The Kier molecular flexibility index (Phi) is 5.11. The molecule has 29 heavy (non-hydrogen) atoms. The fourth-order valence-electron chi connectivity index (χ4n) is 2.97. The molecule has 0 aliphatic rings. The van der Waals surface area contributed by atoms with Crippen molar-refractivity contribution in [2.75, 3.05) is 0 Å². The average Bonchev–Trinajstić information content (AvgIpc) is 2.74. The van der Waals surface area contributed by atoms with Crippen LogP contribution < -0.4 is 10.1 Å². The van der Waals surface area contributed by atoms with E-state index in [1.165, 1.54) is 12.1 Å². The second-order valence-electron chi connectivity index (χ2n) is 6.43. The van der Waals surface area contributed by atoms with Gasteiger partial charge in [-0.15, -0.1) is 0 Å². The van der Waals surface area contributed by atoms with Gasteiger partial charge in [-0.2, -0.15) is 10.2 Å². The number of ether oxygens (including phenoxy) is 1. The molecule has 0 bridgehead atoms. The Morgan fingerprint density at radius 1 is 1.07 bits per heavy atom. The largest absolute Gasteiger partial charge is 0.456 e. The van der Waals surface area contributed by atoms with Gasteiger partial charge in [0, 0.05) is 41.5 Å². The van der Waals surface area contributed by atoms with Crippen LogP contribution >= 0.6 is 0 Å². The van der Waals surface area contributed by atoms with Gasteiger partial charge in [-0.1, -0.05) is 6.07 Å². The standard InChI is InChI=1S/C22H17FN4O2/c1-14-17(22(28)25-12-15-7-10-26-27-13-15)3-2-4-20(14)29-21-8-9-24-19-11-16(23)5-6-18(19)21/h2-11,13H,12H2,1H3,(H,25,28). The zero-order valence-electron chi connectivity index (χ0n) is 15.6. The van der Waals surface area contributed by atoms with Crippen molar-refractivity contribution in [3.05, 3.63) is 89.6 Å². The molecule has 2 aromatic heterocycles. The smallest absolute Gasteiger partial charge is 0.251 e. The normalized spacial score (nSPS) is 10.7. The number of hydrogen-bond donors (Lipinski definition) is 1. The molecule has 0 saturated carbocycles. The number of carbonyl (C=O) groups excluding carboxylic acids is 1. The fraction of sp³-hybridized carbons (Fsp3) is 0.0909. The first kappa shape index (κ1) is 18.5. The van der Waals surface area contributed by atoms with E-state index in [9.17, 15) is 9.18 Å². The molecule has 144 valence electrons. The van der Waals surface area contributed by atoms with Crippen molar-refractivity contribution in [1.29, 1.82) is 0 Å². The predicted molar refractivity (Wildman–Crippen MR) is 106 cm³/mol. The molecule has 2 aromatic carbocycles. The van der Waals surface area contributed by atoms with Crippen molar-refractivity contribution in [2.45, 2.75) is 13.5 Å². The third-order valence-electron chi connectivity index (χ3n) is 4.51. The second kappa shape index (κ2) is 8.02. The number of carbonyl (C=O) groups is 1. The average molecular weight is 388 g/mol. The van der Waals surface area contributed by atoms with Crippen molar-refractivity contribution in [2.24, 2.45) is 0 Å². The number of amides is 1. The Bertz CT molecular complexity index is 1180. The van der Waals surface area contributed by atoms with Gasteiger partial charge in [-0.25, -0.2) is 4.39 Å². The molecule has 4 aromatic rings. The minimum atomic E-state index is -0.360. The van der Waals surface area contributed by atoms with E-state index < -0.39 is 0 Å². The van der Waals surface area contributed by atoms with Crippen LogP contribution in [0.1, 0.15) is 21.5 Å². The van der Waals surface area contributed by atoms with E-state index in [2.05, 4.69) is 20.5 Å². The molecule has 1 amide bonds. The van der Waals surface area contributed by atoms with Crippen LogP contribution in [0.5, 0.6) is 11.5 Å². The maximum Gasteiger partial charge on any atom is 0.251 e. The van der Waals surface area contributed by atoms with Gasteiger partial charge in [0.15, 0.2) is 0 Å². The zero-order chi connectivity index (χ0) is 20.2. The molecular weight excluding hydrogens is 371 g/mol. The van der Waals surface area contributed by atoms with E-state index in [4.69, 9.17) is 4.74 Å². The number of benzene rings is 2. The summed E-state index contributed by atoms with van der Waals surface area (Å²) in [5.74, 6) is 0.506. The summed E-state index contributed by atoms with van der Waals surface area (Å²) in [6.45, 7) is 2.17. The molecule has 6 nitrogen and oxygen atoms in total. The highest BCUT2D eigenvalue weighted by molar-refractivity contribution is 5.96. The van der Waals surface area contributed by atoms with Crippen molar-refractivity contribution in [3.63, 3.8) is 0 Å². The Balaban J connectivity index is 1.58. The molecule has 7 heteroatoms. The summed E-state index contributed by atoms with van der Waals surface area (Å²) in [5, 5.41) is 11.1. The molecule has 0 aliphatic heterocycles. The predicted octanol–water partition coefficient (Wildman–Crippen LogP) is 4.19. The molecule has 0 unspecified atom stereocenters. The van der Waals surface area contributed by atoms with Crippen LogP contribution in [-0.4, -0.2) is 21.1 Å². The minimum absolute atomic E-state index is 0.216. The van der Waals surface area contributed by atoms with Gasteiger partial charge < -0.3 is 10.1 Å². The lowest BCUT2D eigenvalue weighted by Crippen LogP contribution is -2.23. The topological polar surface area (TPSA) is 77.0 Å². The van der Waals surface area contributed by atoms with Gasteiger partial charge in [-0.05, 0) is 48.9 Å². The molecule has 0 spiro atoms. The number of nitrogens with one attached hydrogen (secondary N) is 1. The van der Waals surface area contributed by atoms with Crippen molar-refractivity contribution in [1.82, 2.24) is 20.5 Å². The van der Waals surface area contributed by atoms with Gasteiger partial charge >= 0.3 is 0 Å². The first-order chi connectivity index (χ1) is 14.1. The number of hydrogen-bond acceptors (Lipinski definition) is 5. The number of rotatable bonds is 5. The van der Waals surface area contributed by atoms with E-state index in [1.807, 2.05) is 6.92 Å². The number of halogens is 1. The third-order valence-corrected chi connectivity index (χ3v) is 4.51. The number of aromatic nitrogens is 3. The lowest BCUT2D eigenvalue weighted by atomic mass is 10.1. The Morgan fingerprint density at radius 2 is 1.97 bits per heavy atom. The summed E-state index contributed by atoms with van der Waals surface area (Å²) < 4.78 is 19.5. The number of pyridine rings is 1. The number of nitrogens with zero attached hydrogens (tertiary/aromatic N) is 3. The molecule has 0 atom stereocenters. The lowest BCUT2D eigenvalue weighted by molar-refractivity contribution is 0.0950. The maximum absolute atomic E-state index is 13.5. The summed E-state index contributed by atoms with van der Waals surface area (Å²) in [4.78, 5) is 16.8. The fourth-order valence-corrected chi connectivity index (χ4v) is 2.97. The van der Waals surface area contributed by atoms with Crippen LogP contribution in [-0.2, 0) is 6.54 Å². The van der Waals surface area contributed by atoms with Crippen LogP contribution in [0.3, 0.4) is 0 Å². The lowest BCUT2D eigenvalue weighted by Gasteiger charge is -2.14. The van der Waals surface area contributed by atoms with Crippen molar-refractivity contribution >= 4 is 16.8 Å². The molecule has 0 fully saturated rings. The van der Waals surface area contributed by atoms with Gasteiger partial charge in [-0.3, -0.25) is 9.78 Å². The van der Waals surface area contributed by atoms with Crippen LogP contribution in [0.25, 0.3) is 10.9 Å². The highest BCUT2D eigenvalue weighted by atomic mass is 19.1. The quantitative estimate of drug-likeness (QED) is 0.555. The van der Waals surface area contributed by atoms with Crippen LogP contribution in [0.2, 0.25) is 0 Å². The zero-order valence-corrected chi connectivity index (χ0v) is 15.6. The van der Waals surface area contributed by atoms with Crippen LogP contribution in [0.15, 0.2) is 67.1 Å². The van der Waals surface area contributed by atoms with E-state index in [1.54, 1.807) is 55.0 Å². The monoisotopic (exact) mass is 388 g/mol. The number of fused-ring (bicyclic) bond motifs is 1. The first-order valence-electron chi connectivity index (χ1n) is 8.97.